The van der Waals surface area contributed by atoms with Gasteiger partial charge in [0, 0.05) is 5.56 Å². The number of nitrogens with zero attached hydrogens (tertiary/aromatic N) is 5. The zero-order valence-electron chi connectivity index (χ0n) is 19.7. The molecule has 3 heterocycles. The van der Waals surface area contributed by atoms with Crippen molar-refractivity contribution in [1.29, 1.82) is 0 Å². The zero-order chi connectivity index (χ0) is 24.6. The number of carbonyl (C=O) groups excluding carboxylic acids is 1. The van der Waals surface area contributed by atoms with Crippen LogP contribution in [0, 0.1) is 6.92 Å². The van der Waals surface area contributed by atoms with E-state index >= 15 is 0 Å². The number of fused-ring (bicyclic) bond motifs is 1. The van der Waals surface area contributed by atoms with E-state index in [-0.39, 0.29) is 29.1 Å². The van der Waals surface area contributed by atoms with Crippen LogP contribution in [0.25, 0.3) is 22.5 Å². The van der Waals surface area contributed by atoms with Gasteiger partial charge in [0.15, 0.2) is 5.82 Å². The Balaban J connectivity index is 1.55. The number of nitrogens with two attached hydrogens (primary N) is 2. The predicted molar refractivity (Wildman–Crippen MR) is 131 cm³/mol. The van der Waals surface area contributed by atoms with Crippen LogP contribution in [-0.4, -0.2) is 37.4 Å². The zero-order valence-corrected chi connectivity index (χ0v) is 20.6. The Morgan fingerprint density at radius 3 is 2.53 bits per heavy atom. The van der Waals surface area contributed by atoms with Crippen molar-refractivity contribution < 1.29 is 13.9 Å². The first-order chi connectivity index (χ1) is 16.1. The van der Waals surface area contributed by atoms with Crippen LogP contribution in [0.2, 0.25) is 0 Å². The largest absolute Gasteiger partial charge is 0.462 e. The Kier molecular flexibility index (Phi) is 6.22. The molecule has 0 saturated heterocycles. The number of furan rings is 1. The molecule has 0 aliphatic carbocycles. The van der Waals surface area contributed by atoms with Crippen molar-refractivity contribution >= 4 is 34.6 Å². The fraction of sp³-hybridized carbons (Fsp3) is 0.348. The molecule has 4 N–H and O–H groups in total. The minimum atomic E-state index is -0.518. The standard InChI is InChI=1S/C23H27N7O3S/c1-6-32-21(31)16-12(2)33-20-17(16)18(24)26-15(27-20)11-34-22-29-28-19(30(22)25)13-7-9-14(10-8-13)23(3,4)5/h7-10H,6,11,25H2,1-5H3,(H2,24,26,27). The van der Waals surface area contributed by atoms with Crippen molar-refractivity contribution in [3.05, 3.63) is 47.0 Å². The van der Waals surface area contributed by atoms with Gasteiger partial charge < -0.3 is 20.7 Å². The second-order valence-electron chi connectivity index (χ2n) is 8.75. The van der Waals surface area contributed by atoms with Crippen LogP contribution >= 0.6 is 11.8 Å². The molecule has 0 radical (unpaired) electrons. The van der Waals surface area contributed by atoms with E-state index in [1.54, 1.807) is 13.8 Å². The van der Waals surface area contributed by atoms with E-state index in [0.717, 1.165) is 5.56 Å². The topological polar surface area (TPSA) is 148 Å². The molecule has 0 amide bonds. The highest BCUT2D eigenvalue weighted by atomic mass is 32.2. The summed E-state index contributed by atoms with van der Waals surface area (Å²) in [6.07, 6.45) is 0. The highest BCUT2D eigenvalue weighted by Crippen LogP contribution is 2.31. The van der Waals surface area contributed by atoms with E-state index in [9.17, 15) is 4.79 Å². The third-order valence-corrected chi connectivity index (χ3v) is 6.22. The Morgan fingerprint density at radius 2 is 1.88 bits per heavy atom. The van der Waals surface area contributed by atoms with Crippen molar-refractivity contribution in [2.24, 2.45) is 0 Å². The molecule has 4 aromatic rings. The van der Waals surface area contributed by atoms with Gasteiger partial charge in [-0.3, -0.25) is 0 Å². The minimum Gasteiger partial charge on any atom is -0.462 e. The summed E-state index contributed by atoms with van der Waals surface area (Å²) in [4.78, 5) is 21.0. The lowest BCUT2D eigenvalue weighted by Crippen LogP contribution is -2.13. The molecule has 0 aliphatic heterocycles. The van der Waals surface area contributed by atoms with E-state index in [1.165, 1.54) is 22.0 Å². The van der Waals surface area contributed by atoms with Crippen molar-refractivity contribution in [2.45, 2.75) is 50.9 Å². The summed E-state index contributed by atoms with van der Waals surface area (Å²) in [7, 11) is 0. The number of esters is 1. The molecule has 10 nitrogen and oxygen atoms in total. The molecule has 0 aliphatic rings. The van der Waals surface area contributed by atoms with E-state index < -0.39 is 5.97 Å². The van der Waals surface area contributed by atoms with Crippen LogP contribution in [0.3, 0.4) is 0 Å². The lowest BCUT2D eigenvalue weighted by Gasteiger charge is -2.19. The Bertz CT molecular complexity index is 1350. The number of aryl methyl sites for hydroxylation is 1. The van der Waals surface area contributed by atoms with E-state index in [4.69, 9.17) is 20.7 Å². The number of thioether (sulfide) groups is 1. The number of anilines is 1. The van der Waals surface area contributed by atoms with Crippen LogP contribution in [-0.2, 0) is 15.9 Å². The lowest BCUT2D eigenvalue weighted by molar-refractivity contribution is 0.0526. The third kappa shape index (κ3) is 4.43. The van der Waals surface area contributed by atoms with Gasteiger partial charge in [-0.25, -0.2) is 14.5 Å². The van der Waals surface area contributed by atoms with Crippen LogP contribution in [0.1, 0.15) is 55.2 Å². The van der Waals surface area contributed by atoms with Gasteiger partial charge in [0.05, 0.1) is 17.7 Å². The number of aromatic nitrogens is 5. The first-order valence-corrected chi connectivity index (χ1v) is 11.8. The molecule has 0 bridgehead atoms. The second-order valence-corrected chi connectivity index (χ2v) is 9.69. The van der Waals surface area contributed by atoms with Gasteiger partial charge >= 0.3 is 5.97 Å². The molecule has 34 heavy (non-hydrogen) atoms. The lowest BCUT2D eigenvalue weighted by atomic mass is 9.87. The molecule has 0 atom stereocenters. The van der Waals surface area contributed by atoms with Gasteiger partial charge in [0.25, 0.3) is 0 Å². The first-order valence-electron chi connectivity index (χ1n) is 10.8. The van der Waals surface area contributed by atoms with Crippen LogP contribution < -0.4 is 11.6 Å². The van der Waals surface area contributed by atoms with Crippen molar-refractivity contribution in [1.82, 2.24) is 24.8 Å². The van der Waals surface area contributed by atoms with Gasteiger partial charge in [-0.15, -0.1) is 10.2 Å². The fourth-order valence-corrected chi connectivity index (χ4v) is 4.23. The summed E-state index contributed by atoms with van der Waals surface area (Å²) in [6.45, 7) is 10.1. The van der Waals surface area contributed by atoms with Gasteiger partial charge in [-0.05, 0) is 24.8 Å². The highest BCUT2D eigenvalue weighted by molar-refractivity contribution is 7.98. The first kappa shape index (κ1) is 23.6. The molecule has 0 fully saturated rings. The average molecular weight is 482 g/mol. The van der Waals surface area contributed by atoms with Crippen LogP contribution in [0.5, 0.6) is 0 Å². The normalized spacial score (nSPS) is 11.8. The highest BCUT2D eigenvalue weighted by Gasteiger charge is 2.24. The van der Waals surface area contributed by atoms with E-state index in [2.05, 4.69) is 53.1 Å². The fourth-order valence-electron chi connectivity index (χ4n) is 3.52. The smallest absolute Gasteiger partial charge is 0.342 e. The number of hydrogen-bond acceptors (Lipinski definition) is 10. The monoisotopic (exact) mass is 481 g/mol. The summed E-state index contributed by atoms with van der Waals surface area (Å²) < 4.78 is 12.2. The van der Waals surface area contributed by atoms with Gasteiger partial charge in [-0.1, -0.05) is 56.8 Å². The van der Waals surface area contributed by atoms with Crippen LogP contribution in [0.15, 0.2) is 33.8 Å². The summed E-state index contributed by atoms with van der Waals surface area (Å²) in [5.74, 6) is 7.57. The summed E-state index contributed by atoms with van der Waals surface area (Å²) >= 11 is 1.32. The Morgan fingerprint density at radius 1 is 1.18 bits per heavy atom. The molecule has 1 aromatic carbocycles. The van der Waals surface area contributed by atoms with Crippen molar-refractivity contribution in [2.75, 3.05) is 18.2 Å². The number of carbonyl (C=O) groups is 1. The molecule has 0 spiro atoms. The van der Waals surface area contributed by atoms with Gasteiger partial charge in [0.1, 0.15) is 23.0 Å². The number of ether oxygens (including phenoxy) is 1. The molecular formula is C23H27N7O3S. The maximum atomic E-state index is 12.3. The predicted octanol–water partition coefficient (Wildman–Crippen LogP) is 3.85. The number of nitrogen functional groups attached to an aromatic ring is 2. The summed E-state index contributed by atoms with van der Waals surface area (Å²) in [5.41, 5.74) is 8.77. The Labute approximate surface area is 201 Å². The quantitative estimate of drug-likeness (QED) is 0.236. The molecule has 178 valence electrons. The van der Waals surface area contributed by atoms with Gasteiger partial charge in [-0.2, -0.15) is 4.98 Å². The van der Waals surface area contributed by atoms with Crippen LogP contribution in [0.4, 0.5) is 5.82 Å². The van der Waals surface area contributed by atoms with Gasteiger partial charge in [0.2, 0.25) is 10.9 Å². The second kappa shape index (κ2) is 8.98. The minimum absolute atomic E-state index is 0.0580. The van der Waals surface area contributed by atoms with E-state index in [1.807, 2.05) is 12.1 Å². The molecule has 0 saturated carbocycles. The van der Waals surface area contributed by atoms with Crippen molar-refractivity contribution in [3.8, 4) is 11.4 Å². The molecular weight excluding hydrogens is 454 g/mol. The molecule has 11 heteroatoms. The molecule has 4 rings (SSSR count). The SMILES string of the molecule is CCOC(=O)c1c(C)oc2nc(CSc3nnc(-c4ccc(C(C)(C)C)cc4)n3N)nc(N)c12. The molecule has 3 aromatic heterocycles. The van der Waals surface area contributed by atoms with E-state index in [0.29, 0.717) is 33.7 Å². The summed E-state index contributed by atoms with van der Waals surface area (Å²) in [5, 5.41) is 9.30. The summed E-state index contributed by atoms with van der Waals surface area (Å²) in [6, 6.07) is 8.11. The number of hydrogen-bond donors (Lipinski definition) is 2. The maximum absolute atomic E-state index is 12.3. The maximum Gasteiger partial charge on any atom is 0.342 e. The number of rotatable bonds is 6. The van der Waals surface area contributed by atoms with Crippen molar-refractivity contribution in [3.63, 3.8) is 0 Å². The Hall–Kier alpha value is -3.60. The third-order valence-electron chi connectivity index (χ3n) is 5.29. The molecule has 0 unspecified atom stereocenters. The average Bonchev–Trinajstić information content (AvgIpc) is 3.31. The number of benzene rings is 1.